The van der Waals surface area contributed by atoms with Crippen molar-refractivity contribution in [1.29, 1.82) is 0 Å². The molecule has 1 unspecified atom stereocenters. The van der Waals surface area contributed by atoms with Crippen LogP contribution in [0.25, 0.3) is 11.4 Å². The first-order valence-electron chi connectivity index (χ1n) is 8.23. The Kier molecular flexibility index (Phi) is 7.58. The van der Waals surface area contributed by atoms with Crippen molar-refractivity contribution in [2.24, 2.45) is 4.99 Å². The fourth-order valence-corrected chi connectivity index (χ4v) is 2.58. The molecule has 0 aliphatic carbocycles. The zero-order valence-electron chi connectivity index (χ0n) is 14.8. The summed E-state index contributed by atoms with van der Waals surface area (Å²) in [5, 5.41) is 13.5. The number of guanidine groups is 1. The van der Waals surface area contributed by atoms with E-state index in [9.17, 15) is 0 Å². The maximum Gasteiger partial charge on any atom is 0.191 e. The highest BCUT2D eigenvalue weighted by Crippen LogP contribution is 2.15. The molecule has 0 radical (unpaired) electrons. The molecule has 3 rings (SSSR count). The Balaban J connectivity index is 0.00000243. The van der Waals surface area contributed by atoms with Crippen molar-refractivity contribution in [2.75, 3.05) is 7.05 Å². The third kappa shape index (κ3) is 5.29. The molecule has 26 heavy (non-hydrogen) atoms. The molecule has 1 atom stereocenters. The van der Waals surface area contributed by atoms with Gasteiger partial charge >= 0.3 is 0 Å². The van der Waals surface area contributed by atoms with Gasteiger partial charge in [0.05, 0.1) is 6.04 Å². The van der Waals surface area contributed by atoms with Gasteiger partial charge in [0.25, 0.3) is 0 Å². The molecule has 136 valence electrons. The van der Waals surface area contributed by atoms with E-state index in [1.54, 1.807) is 7.05 Å². The molecular weight excluding hydrogens is 439 g/mol. The lowest BCUT2D eigenvalue weighted by Gasteiger charge is -2.18. The SMILES string of the molecule is CN=C(NCc1cccc(-c2ncn[nH]2)c1)NC(C)c1ccccc1.I. The maximum absolute atomic E-state index is 4.31. The number of halogens is 1. The van der Waals surface area contributed by atoms with Crippen LogP contribution in [0.15, 0.2) is 65.9 Å². The molecule has 6 nitrogen and oxygen atoms in total. The first-order chi connectivity index (χ1) is 12.3. The van der Waals surface area contributed by atoms with Crippen LogP contribution < -0.4 is 10.6 Å². The summed E-state index contributed by atoms with van der Waals surface area (Å²) in [4.78, 5) is 8.50. The second kappa shape index (κ2) is 9.91. The molecule has 7 heteroatoms. The number of hydrogen-bond acceptors (Lipinski definition) is 3. The van der Waals surface area contributed by atoms with E-state index in [-0.39, 0.29) is 30.0 Å². The van der Waals surface area contributed by atoms with Gasteiger partial charge in [0.15, 0.2) is 11.8 Å². The molecule has 1 aromatic heterocycles. The van der Waals surface area contributed by atoms with Crippen molar-refractivity contribution in [3.8, 4) is 11.4 Å². The molecule has 0 aliphatic rings. The van der Waals surface area contributed by atoms with Gasteiger partial charge in [-0.1, -0.05) is 48.5 Å². The molecular formula is C19H23IN6. The Morgan fingerprint density at radius 1 is 1.15 bits per heavy atom. The minimum Gasteiger partial charge on any atom is -0.352 e. The number of nitrogens with zero attached hydrogens (tertiary/aromatic N) is 3. The van der Waals surface area contributed by atoms with Crippen molar-refractivity contribution in [3.05, 3.63) is 72.1 Å². The predicted octanol–water partition coefficient (Wildman–Crippen LogP) is 3.52. The Labute approximate surface area is 170 Å². The van der Waals surface area contributed by atoms with Crippen LogP contribution in [0.1, 0.15) is 24.1 Å². The lowest BCUT2D eigenvalue weighted by molar-refractivity contribution is 0.685. The molecule has 0 fully saturated rings. The summed E-state index contributed by atoms with van der Waals surface area (Å²) in [6.45, 7) is 2.79. The van der Waals surface area contributed by atoms with Crippen LogP contribution >= 0.6 is 24.0 Å². The van der Waals surface area contributed by atoms with Gasteiger partial charge in [0.1, 0.15) is 6.33 Å². The summed E-state index contributed by atoms with van der Waals surface area (Å²) in [6, 6.07) is 18.7. The van der Waals surface area contributed by atoms with Gasteiger partial charge in [0, 0.05) is 19.2 Å². The summed E-state index contributed by atoms with van der Waals surface area (Å²) >= 11 is 0. The Hall–Kier alpha value is -2.42. The van der Waals surface area contributed by atoms with Crippen molar-refractivity contribution in [1.82, 2.24) is 25.8 Å². The van der Waals surface area contributed by atoms with Crippen molar-refractivity contribution >= 4 is 29.9 Å². The Morgan fingerprint density at radius 3 is 2.65 bits per heavy atom. The molecule has 0 aliphatic heterocycles. The average Bonchev–Trinajstić information content (AvgIpc) is 3.21. The Bertz CT molecular complexity index is 817. The van der Waals surface area contributed by atoms with E-state index in [0.29, 0.717) is 6.54 Å². The van der Waals surface area contributed by atoms with Gasteiger partial charge in [-0.2, -0.15) is 5.10 Å². The normalized spacial score (nSPS) is 12.2. The average molecular weight is 462 g/mol. The second-order valence-corrected chi connectivity index (χ2v) is 5.74. The standard InChI is InChI=1S/C19H22N6.HI/c1-14(16-8-4-3-5-9-16)24-19(20-2)21-12-15-7-6-10-17(11-15)18-22-13-23-25-18;/h3-11,13-14H,12H2,1-2H3,(H2,20,21,24)(H,22,23,25);1H. The number of H-pyrrole nitrogens is 1. The molecule has 0 amide bonds. The molecule has 0 saturated heterocycles. The van der Waals surface area contributed by atoms with Gasteiger partial charge in [0.2, 0.25) is 0 Å². The Morgan fingerprint density at radius 2 is 1.96 bits per heavy atom. The zero-order valence-corrected chi connectivity index (χ0v) is 17.1. The molecule has 1 heterocycles. The molecule has 3 N–H and O–H groups in total. The number of hydrogen-bond donors (Lipinski definition) is 3. The van der Waals surface area contributed by atoms with E-state index in [1.807, 2.05) is 30.3 Å². The van der Waals surface area contributed by atoms with Crippen molar-refractivity contribution < 1.29 is 0 Å². The van der Waals surface area contributed by atoms with Crippen LogP contribution in [-0.2, 0) is 6.54 Å². The third-order valence-electron chi connectivity index (χ3n) is 3.95. The lowest BCUT2D eigenvalue weighted by atomic mass is 10.1. The third-order valence-corrected chi connectivity index (χ3v) is 3.95. The van der Waals surface area contributed by atoms with Gasteiger partial charge in [-0.05, 0) is 24.1 Å². The molecule has 3 aromatic rings. The van der Waals surface area contributed by atoms with Gasteiger partial charge < -0.3 is 10.6 Å². The van der Waals surface area contributed by atoms with Crippen LogP contribution in [0, 0.1) is 0 Å². The number of aromatic amines is 1. The van der Waals surface area contributed by atoms with E-state index >= 15 is 0 Å². The minimum atomic E-state index is 0. The van der Waals surface area contributed by atoms with Crippen LogP contribution in [0.2, 0.25) is 0 Å². The van der Waals surface area contributed by atoms with Gasteiger partial charge in [-0.15, -0.1) is 24.0 Å². The van der Waals surface area contributed by atoms with E-state index in [4.69, 9.17) is 0 Å². The highest BCUT2D eigenvalue weighted by Gasteiger charge is 2.07. The van der Waals surface area contributed by atoms with Crippen LogP contribution in [0.3, 0.4) is 0 Å². The molecule has 0 spiro atoms. The first kappa shape index (κ1) is 19.9. The van der Waals surface area contributed by atoms with E-state index in [1.165, 1.54) is 11.9 Å². The van der Waals surface area contributed by atoms with Gasteiger partial charge in [-0.25, -0.2) is 4.98 Å². The fraction of sp³-hybridized carbons (Fsp3) is 0.211. The minimum absolute atomic E-state index is 0. The summed E-state index contributed by atoms with van der Waals surface area (Å²) < 4.78 is 0. The largest absolute Gasteiger partial charge is 0.352 e. The maximum atomic E-state index is 4.31. The highest BCUT2D eigenvalue weighted by molar-refractivity contribution is 14.0. The van der Waals surface area contributed by atoms with Crippen LogP contribution in [-0.4, -0.2) is 28.2 Å². The van der Waals surface area contributed by atoms with Crippen molar-refractivity contribution in [3.63, 3.8) is 0 Å². The quantitative estimate of drug-likeness (QED) is 0.308. The van der Waals surface area contributed by atoms with Crippen LogP contribution in [0.5, 0.6) is 0 Å². The van der Waals surface area contributed by atoms with E-state index in [0.717, 1.165) is 22.9 Å². The summed E-state index contributed by atoms with van der Waals surface area (Å²) in [6.07, 6.45) is 1.51. The topological polar surface area (TPSA) is 78.0 Å². The number of aromatic nitrogens is 3. The number of aliphatic imine (C=N–C) groups is 1. The predicted molar refractivity (Wildman–Crippen MR) is 115 cm³/mol. The number of rotatable bonds is 5. The molecule has 0 saturated carbocycles. The van der Waals surface area contributed by atoms with Crippen LogP contribution in [0.4, 0.5) is 0 Å². The molecule has 0 bridgehead atoms. The number of benzene rings is 2. The van der Waals surface area contributed by atoms with Crippen molar-refractivity contribution in [2.45, 2.75) is 19.5 Å². The second-order valence-electron chi connectivity index (χ2n) is 5.74. The van der Waals surface area contributed by atoms with Gasteiger partial charge in [-0.3, -0.25) is 10.1 Å². The fourth-order valence-electron chi connectivity index (χ4n) is 2.58. The van der Waals surface area contributed by atoms with E-state index < -0.39 is 0 Å². The lowest BCUT2D eigenvalue weighted by Crippen LogP contribution is -2.38. The smallest absolute Gasteiger partial charge is 0.191 e. The summed E-state index contributed by atoms with van der Waals surface area (Å²) in [7, 11) is 1.78. The summed E-state index contributed by atoms with van der Waals surface area (Å²) in [5.74, 6) is 1.53. The van der Waals surface area contributed by atoms with E-state index in [2.05, 4.69) is 62.0 Å². The monoisotopic (exact) mass is 462 g/mol. The first-order valence-corrected chi connectivity index (χ1v) is 8.23. The number of nitrogens with one attached hydrogen (secondary N) is 3. The zero-order chi connectivity index (χ0) is 17.5. The summed E-state index contributed by atoms with van der Waals surface area (Å²) in [5.41, 5.74) is 3.37. The molecule has 2 aromatic carbocycles. The highest BCUT2D eigenvalue weighted by atomic mass is 127.